The molecule has 1 heterocycles. The highest BCUT2D eigenvalue weighted by Crippen LogP contribution is 2.20. The molecular weight excluding hydrogens is 438 g/mol. The molecule has 10 heteroatoms. The van der Waals surface area contributed by atoms with Crippen LogP contribution in [0, 0.1) is 10.1 Å². The molecule has 0 saturated carbocycles. The number of non-ortho nitro benzene ring substituents is 1. The fourth-order valence-electron chi connectivity index (χ4n) is 3.34. The highest BCUT2D eigenvalue weighted by atomic mass is 16.6. The number of aliphatic hydroxyl groups excluding tert-OH is 1. The summed E-state index contributed by atoms with van der Waals surface area (Å²) in [5.41, 5.74) is 2.67. The highest BCUT2D eigenvalue weighted by molar-refractivity contribution is 6.03. The predicted molar refractivity (Wildman–Crippen MR) is 125 cm³/mol. The second kappa shape index (κ2) is 9.84. The molecule has 4 aromatic rings. The van der Waals surface area contributed by atoms with Crippen molar-refractivity contribution in [1.29, 1.82) is 0 Å². The first-order chi connectivity index (χ1) is 16.4. The molecule has 0 fully saturated rings. The number of aromatic nitrogens is 2. The minimum absolute atomic E-state index is 0.0459. The fourth-order valence-corrected chi connectivity index (χ4v) is 3.34. The molecule has 0 aliphatic carbocycles. The van der Waals surface area contributed by atoms with E-state index in [0.717, 1.165) is 5.56 Å². The largest absolute Gasteiger partial charge is 0.382 e. The van der Waals surface area contributed by atoms with E-state index in [0.29, 0.717) is 5.56 Å². The average molecular weight is 457 g/mol. The summed E-state index contributed by atoms with van der Waals surface area (Å²) < 4.78 is 0. The molecule has 4 rings (SSSR count). The third kappa shape index (κ3) is 5.03. The van der Waals surface area contributed by atoms with Crippen LogP contribution in [0.2, 0.25) is 0 Å². The van der Waals surface area contributed by atoms with Gasteiger partial charge in [0.05, 0.1) is 22.4 Å². The number of H-pyrrole nitrogens is 1. The first-order valence-electron chi connectivity index (χ1n) is 10.2. The topological polar surface area (TPSA) is 151 Å². The van der Waals surface area contributed by atoms with Gasteiger partial charge >= 0.3 is 0 Å². The number of aliphatic hydroxyl groups is 1. The van der Waals surface area contributed by atoms with E-state index in [-0.39, 0.29) is 34.5 Å². The van der Waals surface area contributed by atoms with Crippen LogP contribution in [0.15, 0.2) is 88.8 Å². The molecule has 1 aromatic heterocycles. The van der Waals surface area contributed by atoms with E-state index in [2.05, 4.69) is 20.5 Å². The predicted octanol–water partition coefficient (Wildman–Crippen LogP) is 2.63. The maximum Gasteiger partial charge on any atom is 0.276 e. The van der Waals surface area contributed by atoms with Gasteiger partial charge in [-0.2, -0.15) is 5.10 Å². The number of nitrogens with zero attached hydrogens (tertiary/aromatic N) is 3. The van der Waals surface area contributed by atoms with E-state index >= 15 is 0 Å². The molecule has 34 heavy (non-hydrogen) atoms. The van der Waals surface area contributed by atoms with Gasteiger partial charge in [0.1, 0.15) is 11.8 Å². The summed E-state index contributed by atoms with van der Waals surface area (Å²) in [5.74, 6) is -0.447. The van der Waals surface area contributed by atoms with Crippen molar-refractivity contribution in [1.82, 2.24) is 15.4 Å². The van der Waals surface area contributed by atoms with Crippen molar-refractivity contribution in [2.75, 3.05) is 0 Å². The van der Waals surface area contributed by atoms with Crippen LogP contribution in [-0.4, -0.2) is 31.6 Å². The summed E-state index contributed by atoms with van der Waals surface area (Å²) in [4.78, 5) is 42.5. The van der Waals surface area contributed by atoms with Crippen molar-refractivity contribution in [2.45, 2.75) is 12.5 Å². The molecule has 3 aromatic carbocycles. The Labute approximate surface area is 192 Å². The SMILES string of the molecule is O=C(Cc1ccccc1)N/N=C(/c1nc2ccc([N+](=O)[O-])cc2[nH]c1=O)C(O)c1ccccc1. The first kappa shape index (κ1) is 22.5. The van der Waals surface area contributed by atoms with Crippen LogP contribution in [0.3, 0.4) is 0 Å². The summed E-state index contributed by atoms with van der Waals surface area (Å²) in [5, 5.41) is 26.1. The van der Waals surface area contributed by atoms with Gasteiger partial charge in [0.2, 0.25) is 5.91 Å². The van der Waals surface area contributed by atoms with Crippen LogP contribution in [0.1, 0.15) is 22.9 Å². The number of fused-ring (bicyclic) bond motifs is 1. The van der Waals surface area contributed by atoms with Gasteiger partial charge in [0.15, 0.2) is 5.69 Å². The summed E-state index contributed by atoms with van der Waals surface area (Å²) in [6, 6.07) is 21.3. The molecule has 0 aliphatic heterocycles. The Morgan fingerprint density at radius 2 is 1.76 bits per heavy atom. The number of nitro benzene ring substituents is 1. The van der Waals surface area contributed by atoms with Crippen LogP contribution in [-0.2, 0) is 11.2 Å². The van der Waals surface area contributed by atoms with E-state index in [1.54, 1.807) is 54.6 Å². The zero-order chi connectivity index (χ0) is 24.1. The number of nitrogens with one attached hydrogen (secondary N) is 2. The van der Waals surface area contributed by atoms with Crippen molar-refractivity contribution in [3.05, 3.63) is 116 Å². The van der Waals surface area contributed by atoms with E-state index in [1.165, 1.54) is 18.2 Å². The Balaban J connectivity index is 1.73. The van der Waals surface area contributed by atoms with Gasteiger partial charge in [-0.05, 0) is 17.2 Å². The van der Waals surface area contributed by atoms with E-state index < -0.39 is 22.5 Å². The molecular formula is C24H19N5O5. The molecule has 1 unspecified atom stereocenters. The van der Waals surface area contributed by atoms with Crippen LogP contribution in [0.4, 0.5) is 5.69 Å². The Morgan fingerprint density at radius 3 is 2.44 bits per heavy atom. The lowest BCUT2D eigenvalue weighted by Crippen LogP contribution is -2.29. The van der Waals surface area contributed by atoms with Crippen molar-refractivity contribution in [2.24, 2.45) is 5.10 Å². The maximum atomic E-state index is 12.8. The van der Waals surface area contributed by atoms with Crippen LogP contribution in [0.5, 0.6) is 0 Å². The summed E-state index contributed by atoms with van der Waals surface area (Å²) >= 11 is 0. The van der Waals surface area contributed by atoms with Crippen molar-refractivity contribution in [3.63, 3.8) is 0 Å². The molecule has 170 valence electrons. The Morgan fingerprint density at radius 1 is 1.09 bits per heavy atom. The standard InChI is InChI=1S/C24H19N5O5/c30-20(13-15-7-3-1-4-8-15)27-28-21(23(31)16-9-5-2-6-10-16)22-24(32)26-19-14-17(29(33)34)11-12-18(19)25-22/h1-12,14,23,31H,13H2,(H,26,32)(H,27,30)/b28-21-. The quantitative estimate of drug-likeness (QED) is 0.220. The van der Waals surface area contributed by atoms with Crippen molar-refractivity contribution < 1.29 is 14.8 Å². The Hall–Kier alpha value is -4.70. The number of rotatable bonds is 7. The number of amides is 1. The number of benzene rings is 3. The van der Waals surface area contributed by atoms with Gasteiger partial charge in [-0.1, -0.05) is 60.7 Å². The minimum atomic E-state index is -1.37. The minimum Gasteiger partial charge on any atom is -0.382 e. The third-order valence-corrected chi connectivity index (χ3v) is 5.01. The molecule has 0 bridgehead atoms. The zero-order valence-corrected chi connectivity index (χ0v) is 17.7. The third-order valence-electron chi connectivity index (χ3n) is 5.01. The molecule has 0 spiro atoms. The molecule has 10 nitrogen and oxygen atoms in total. The molecule has 0 aliphatic rings. The number of carbonyl (C=O) groups is 1. The second-order valence-electron chi connectivity index (χ2n) is 7.38. The van der Waals surface area contributed by atoms with Gasteiger partial charge < -0.3 is 10.1 Å². The Kier molecular flexibility index (Phi) is 6.51. The first-order valence-corrected chi connectivity index (χ1v) is 10.2. The number of hydrogen-bond acceptors (Lipinski definition) is 7. The van der Waals surface area contributed by atoms with Gasteiger partial charge in [-0.3, -0.25) is 19.7 Å². The monoisotopic (exact) mass is 457 g/mol. The number of hydrazone groups is 1. The smallest absolute Gasteiger partial charge is 0.276 e. The van der Waals surface area contributed by atoms with Crippen LogP contribution in [0.25, 0.3) is 11.0 Å². The van der Waals surface area contributed by atoms with Gasteiger partial charge in [0, 0.05) is 12.1 Å². The second-order valence-corrected chi connectivity index (χ2v) is 7.38. The van der Waals surface area contributed by atoms with Crippen molar-refractivity contribution in [3.8, 4) is 0 Å². The van der Waals surface area contributed by atoms with E-state index in [1.807, 2.05) is 6.07 Å². The summed E-state index contributed by atoms with van der Waals surface area (Å²) in [6.45, 7) is 0. The van der Waals surface area contributed by atoms with Crippen molar-refractivity contribution >= 4 is 28.3 Å². The number of hydrogen-bond donors (Lipinski definition) is 3. The lowest BCUT2D eigenvalue weighted by atomic mass is 10.0. The molecule has 3 N–H and O–H groups in total. The fraction of sp³-hybridized carbons (Fsp3) is 0.0833. The molecule has 1 atom stereocenters. The van der Waals surface area contributed by atoms with E-state index in [4.69, 9.17) is 0 Å². The van der Waals surface area contributed by atoms with Gasteiger partial charge in [0.25, 0.3) is 11.2 Å². The number of carbonyl (C=O) groups excluding carboxylic acids is 1. The van der Waals surface area contributed by atoms with Crippen LogP contribution < -0.4 is 11.0 Å². The number of aromatic amines is 1. The van der Waals surface area contributed by atoms with Crippen LogP contribution >= 0.6 is 0 Å². The number of nitro groups is 1. The normalized spacial score (nSPS) is 12.3. The Bertz CT molecular complexity index is 1430. The summed E-state index contributed by atoms with van der Waals surface area (Å²) in [6.07, 6.45) is -1.33. The highest BCUT2D eigenvalue weighted by Gasteiger charge is 2.23. The summed E-state index contributed by atoms with van der Waals surface area (Å²) in [7, 11) is 0. The van der Waals surface area contributed by atoms with Gasteiger partial charge in [-0.25, -0.2) is 10.4 Å². The van der Waals surface area contributed by atoms with Gasteiger partial charge in [-0.15, -0.1) is 0 Å². The lowest BCUT2D eigenvalue weighted by molar-refractivity contribution is -0.384. The molecule has 0 radical (unpaired) electrons. The maximum absolute atomic E-state index is 12.8. The average Bonchev–Trinajstić information content (AvgIpc) is 2.85. The molecule has 1 amide bonds. The molecule has 0 saturated heterocycles. The zero-order valence-electron chi connectivity index (χ0n) is 17.7. The van der Waals surface area contributed by atoms with E-state index in [9.17, 15) is 24.8 Å². The lowest BCUT2D eigenvalue weighted by Gasteiger charge is -2.14.